The van der Waals surface area contributed by atoms with Crippen LogP contribution in [0.25, 0.3) is 10.8 Å². The van der Waals surface area contributed by atoms with E-state index in [1.807, 2.05) is 42.7 Å². The highest BCUT2D eigenvalue weighted by atomic mass is 79.9. The number of carbonyl (C=O) groups is 1. The Morgan fingerprint density at radius 3 is 2.57 bits per heavy atom. The highest BCUT2D eigenvalue weighted by Crippen LogP contribution is 2.17. The summed E-state index contributed by atoms with van der Waals surface area (Å²) in [7, 11) is 1.46. The van der Waals surface area contributed by atoms with Gasteiger partial charge in [-0.2, -0.15) is 4.57 Å². The minimum absolute atomic E-state index is 0. The lowest BCUT2D eigenvalue weighted by Gasteiger charge is -2.04. The number of pyridine rings is 1. The zero-order valence-electron chi connectivity index (χ0n) is 12.5. The second kappa shape index (κ2) is 7.33. The van der Waals surface area contributed by atoms with E-state index in [1.54, 1.807) is 10.6 Å². The monoisotopic (exact) mass is 376 g/mol. The number of fused-ring (bicyclic) bond motifs is 1. The van der Waals surface area contributed by atoms with Gasteiger partial charge in [-0.15, -0.1) is 17.0 Å². The highest BCUT2D eigenvalue weighted by Gasteiger charge is 2.17. The summed E-state index contributed by atoms with van der Waals surface area (Å²) < 4.78 is 20.6. The third kappa shape index (κ3) is 3.74. The molecule has 23 heavy (non-hydrogen) atoms. The quantitative estimate of drug-likeness (QED) is 0.512. The third-order valence-electron chi connectivity index (χ3n) is 3.55. The minimum atomic E-state index is -0.564. The average Bonchev–Trinajstić information content (AvgIpc) is 2.54. The van der Waals surface area contributed by atoms with Gasteiger partial charge in [-0.05, 0) is 23.6 Å². The summed E-state index contributed by atoms with van der Waals surface area (Å²) >= 11 is 0. The van der Waals surface area contributed by atoms with Crippen molar-refractivity contribution in [1.29, 1.82) is 0 Å². The molecule has 0 fully saturated rings. The number of benzene rings is 2. The van der Waals surface area contributed by atoms with Crippen molar-refractivity contribution in [1.82, 2.24) is 0 Å². The Hall–Kier alpha value is -2.27. The first-order valence-corrected chi connectivity index (χ1v) is 6.92. The van der Waals surface area contributed by atoms with Gasteiger partial charge in [-0.25, -0.2) is 4.39 Å². The molecule has 0 aliphatic heterocycles. The van der Waals surface area contributed by atoms with E-state index in [-0.39, 0.29) is 34.9 Å². The number of rotatable bonds is 4. The minimum Gasteiger partial charge on any atom is -0.497 e. The van der Waals surface area contributed by atoms with Crippen LogP contribution in [0.2, 0.25) is 0 Å². The van der Waals surface area contributed by atoms with Crippen molar-refractivity contribution in [2.45, 2.75) is 6.54 Å². The molecule has 2 aromatic carbocycles. The van der Waals surface area contributed by atoms with E-state index in [4.69, 9.17) is 4.74 Å². The van der Waals surface area contributed by atoms with Crippen molar-refractivity contribution in [3.63, 3.8) is 0 Å². The number of aromatic nitrogens is 1. The maximum Gasteiger partial charge on any atom is 0.230 e. The van der Waals surface area contributed by atoms with Gasteiger partial charge in [0.05, 0.1) is 12.7 Å². The zero-order valence-corrected chi connectivity index (χ0v) is 14.2. The van der Waals surface area contributed by atoms with Crippen LogP contribution in [0.1, 0.15) is 10.4 Å². The van der Waals surface area contributed by atoms with Gasteiger partial charge in [-0.3, -0.25) is 4.79 Å². The summed E-state index contributed by atoms with van der Waals surface area (Å²) in [6, 6.07) is 14.1. The van der Waals surface area contributed by atoms with Crippen LogP contribution in [0, 0.1) is 5.82 Å². The molecular formula is C18H16BrFNO2+. The number of Topliss-reactive ketones (excluding diaryl/α,β-unsaturated/α-hetero) is 1. The standard InChI is InChI=1S/C18H15FNO2.BrH/c1-22-15-6-7-16(17(19)10-15)18(21)12-20-9-8-13-4-2-3-5-14(13)11-20;/h2-11H,12H2,1H3;1H/q+1;. The molecule has 0 atom stereocenters. The van der Waals surface area contributed by atoms with Gasteiger partial charge >= 0.3 is 0 Å². The second-order valence-corrected chi connectivity index (χ2v) is 5.02. The lowest BCUT2D eigenvalue weighted by Crippen LogP contribution is -2.37. The van der Waals surface area contributed by atoms with Crippen LogP contribution in [0.4, 0.5) is 4.39 Å². The van der Waals surface area contributed by atoms with Crippen molar-refractivity contribution in [3.05, 3.63) is 72.3 Å². The Morgan fingerprint density at radius 1 is 1.13 bits per heavy atom. The molecule has 0 saturated carbocycles. The molecular weight excluding hydrogens is 361 g/mol. The number of carbonyl (C=O) groups excluding carboxylic acids is 1. The van der Waals surface area contributed by atoms with E-state index in [1.165, 1.54) is 19.2 Å². The molecule has 0 N–H and O–H groups in total. The number of hydrogen-bond donors (Lipinski definition) is 0. The van der Waals surface area contributed by atoms with Crippen LogP contribution in [-0.4, -0.2) is 12.9 Å². The molecule has 1 aromatic heterocycles. The third-order valence-corrected chi connectivity index (χ3v) is 3.55. The molecule has 1 heterocycles. The van der Waals surface area contributed by atoms with Crippen molar-refractivity contribution >= 4 is 33.5 Å². The lowest BCUT2D eigenvalue weighted by molar-refractivity contribution is -0.681. The summed E-state index contributed by atoms with van der Waals surface area (Å²) in [5.74, 6) is -0.446. The molecule has 118 valence electrons. The maximum absolute atomic E-state index is 13.9. The van der Waals surface area contributed by atoms with E-state index in [0.717, 1.165) is 10.8 Å². The van der Waals surface area contributed by atoms with Crippen LogP contribution in [0.3, 0.4) is 0 Å². The molecule has 3 nitrogen and oxygen atoms in total. The van der Waals surface area contributed by atoms with Crippen molar-refractivity contribution in [3.8, 4) is 5.75 Å². The Bertz CT molecular complexity index is 851. The first-order chi connectivity index (χ1) is 10.7. The number of nitrogens with zero attached hydrogens (tertiary/aromatic N) is 1. The molecule has 3 aromatic rings. The Kier molecular flexibility index (Phi) is 5.45. The van der Waals surface area contributed by atoms with Gasteiger partial charge in [0, 0.05) is 17.5 Å². The summed E-state index contributed by atoms with van der Waals surface area (Å²) in [5, 5.41) is 2.13. The zero-order chi connectivity index (χ0) is 15.5. The summed E-state index contributed by atoms with van der Waals surface area (Å²) in [5.41, 5.74) is 0.0708. The van der Waals surface area contributed by atoms with Gasteiger partial charge < -0.3 is 4.74 Å². The van der Waals surface area contributed by atoms with Crippen molar-refractivity contribution in [2.75, 3.05) is 7.11 Å². The maximum atomic E-state index is 13.9. The normalized spacial score (nSPS) is 10.2. The summed E-state index contributed by atoms with van der Waals surface area (Å²) in [6.45, 7) is 0.0914. The Morgan fingerprint density at radius 2 is 1.87 bits per heavy atom. The van der Waals surface area contributed by atoms with Gasteiger partial charge in [-0.1, -0.05) is 18.2 Å². The van der Waals surface area contributed by atoms with Crippen LogP contribution >= 0.6 is 17.0 Å². The molecule has 0 spiro atoms. The van der Waals surface area contributed by atoms with Gasteiger partial charge in [0.2, 0.25) is 12.3 Å². The number of ketones is 1. The smallest absolute Gasteiger partial charge is 0.230 e. The first kappa shape index (κ1) is 17.1. The number of halogens is 2. The van der Waals surface area contributed by atoms with Crippen LogP contribution in [0.15, 0.2) is 60.9 Å². The van der Waals surface area contributed by atoms with Gasteiger partial charge in [0.15, 0.2) is 12.4 Å². The summed E-state index contributed by atoms with van der Waals surface area (Å²) in [4.78, 5) is 12.3. The number of hydrogen-bond acceptors (Lipinski definition) is 2. The number of ether oxygens (including phenoxy) is 1. The van der Waals surface area contributed by atoms with E-state index in [2.05, 4.69) is 0 Å². The molecule has 0 amide bonds. The van der Waals surface area contributed by atoms with Crippen LogP contribution in [-0.2, 0) is 6.54 Å². The van der Waals surface area contributed by atoms with E-state index < -0.39 is 5.82 Å². The Balaban J connectivity index is 0.00000192. The predicted octanol–water partition coefficient (Wildman–Crippen LogP) is 3.74. The number of methoxy groups -OCH3 is 1. The largest absolute Gasteiger partial charge is 0.497 e. The fraction of sp³-hybridized carbons (Fsp3) is 0.111. The lowest BCUT2D eigenvalue weighted by atomic mass is 10.1. The van der Waals surface area contributed by atoms with Gasteiger partial charge in [0.25, 0.3) is 0 Å². The molecule has 0 aliphatic rings. The van der Waals surface area contributed by atoms with E-state index in [9.17, 15) is 9.18 Å². The molecule has 0 bridgehead atoms. The SMILES string of the molecule is Br.COc1ccc(C(=O)C[n+]2ccc3ccccc3c2)c(F)c1. The first-order valence-electron chi connectivity index (χ1n) is 6.92. The second-order valence-electron chi connectivity index (χ2n) is 5.02. The molecule has 0 saturated heterocycles. The average molecular weight is 377 g/mol. The summed E-state index contributed by atoms with van der Waals surface area (Å²) in [6.07, 6.45) is 3.70. The molecule has 5 heteroatoms. The topological polar surface area (TPSA) is 30.2 Å². The van der Waals surface area contributed by atoms with Gasteiger partial charge in [0.1, 0.15) is 11.6 Å². The molecule has 3 rings (SSSR count). The van der Waals surface area contributed by atoms with Crippen molar-refractivity contribution < 1.29 is 18.5 Å². The van der Waals surface area contributed by atoms with Crippen molar-refractivity contribution in [2.24, 2.45) is 0 Å². The van der Waals surface area contributed by atoms with Crippen LogP contribution < -0.4 is 9.30 Å². The predicted molar refractivity (Wildman–Crippen MR) is 91.7 cm³/mol. The fourth-order valence-electron chi connectivity index (χ4n) is 2.38. The fourth-order valence-corrected chi connectivity index (χ4v) is 2.38. The highest BCUT2D eigenvalue weighted by molar-refractivity contribution is 8.93. The van der Waals surface area contributed by atoms with E-state index >= 15 is 0 Å². The molecule has 0 radical (unpaired) electrons. The van der Waals surface area contributed by atoms with Crippen LogP contribution in [0.5, 0.6) is 5.75 Å². The Labute approximate surface area is 144 Å². The van der Waals surface area contributed by atoms with E-state index in [0.29, 0.717) is 5.75 Å². The molecule has 0 aliphatic carbocycles. The molecule has 0 unspecified atom stereocenters.